The van der Waals surface area contributed by atoms with Crippen LogP contribution >= 0.6 is 11.6 Å². The summed E-state index contributed by atoms with van der Waals surface area (Å²) in [5.74, 6) is 0.791. The maximum absolute atomic E-state index is 6.23. The minimum atomic E-state index is 0.159. The van der Waals surface area contributed by atoms with E-state index >= 15 is 0 Å². The number of aromatic nitrogens is 2. The van der Waals surface area contributed by atoms with Crippen molar-refractivity contribution in [3.8, 4) is 0 Å². The van der Waals surface area contributed by atoms with Gasteiger partial charge in [0.15, 0.2) is 0 Å². The van der Waals surface area contributed by atoms with Crippen LogP contribution in [0.3, 0.4) is 0 Å². The molecule has 0 aliphatic rings. The van der Waals surface area contributed by atoms with Crippen molar-refractivity contribution < 1.29 is 0 Å². The fourth-order valence-electron chi connectivity index (χ4n) is 2.08. The summed E-state index contributed by atoms with van der Waals surface area (Å²) in [6, 6.07) is 10.0. The molecule has 0 aliphatic carbocycles. The molecule has 0 aliphatic heterocycles. The SMILES string of the molecule is CCNC(Cc1ccccc1Cl)c1ccnc(C)n1. The van der Waals surface area contributed by atoms with Gasteiger partial charge >= 0.3 is 0 Å². The lowest BCUT2D eigenvalue weighted by molar-refractivity contribution is 0.534. The van der Waals surface area contributed by atoms with Crippen LogP contribution in [0.15, 0.2) is 36.5 Å². The molecule has 1 unspecified atom stereocenters. The van der Waals surface area contributed by atoms with Crippen LogP contribution in [0.5, 0.6) is 0 Å². The summed E-state index contributed by atoms with van der Waals surface area (Å²) in [5, 5.41) is 4.25. The average molecular weight is 276 g/mol. The van der Waals surface area contributed by atoms with Gasteiger partial charge < -0.3 is 5.32 Å². The van der Waals surface area contributed by atoms with E-state index in [9.17, 15) is 0 Å². The molecular formula is C15H18ClN3. The fourth-order valence-corrected chi connectivity index (χ4v) is 2.29. The number of nitrogens with one attached hydrogen (secondary N) is 1. The van der Waals surface area contributed by atoms with Crippen LogP contribution in [0.25, 0.3) is 0 Å². The molecule has 1 aromatic carbocycles. The Kier molecular flexibility index (Phi) is 4.88. The quantitative estimate of drug-likeness (QED) is 0.909. The van der Waals surface area contributed by atoms with Gasteiger partial charge in [0.05, 0.1) is 11.7 Å². The maximum Gasteiger partial charge on any atom is 0.125 e. The largest absolute Gasteiger partial charge is 0.309 e. The summed E-state index contributed by atoms with van der Waals surface area (Å²) in [5.41, 5.74) is 2.14. The van der Waals surface area contributed by atoms with Crippen LogP contribution in [0.4, 0.5) is 0 Å². The number of hydrogen-bond acceptors (Lipinski definition) is 3. The molecule has 0 saturated carbocycles. The first-order chi connectivity index (χ1) is 9.20. The maximum atomic E-state index is 6.23. The minimum Gasteiger partial charge on any atom is -0.309 e. The lowest BCUT2D eigenvalue weighted by Gasteiger charge is -2.18. The molecule has 1 heterocycles. The zero-order valence-corrected chi connectivity index (χ0v) is 12.0. The highest BCUT2D eigenvalue weighted by Gasteiger charge is 2.14. The normalized spacial score (nSPS) is 12.4. The zero-order valence-electron chi connectivity index (χ0n) is 11.2. The third-order valence-corrected chi connectivity index (χ3v) is 3.36. The number of benzene rings is 1. The van der Waals surface area contributed by atoms with Crippen LogP contribution in [-0.4, -0.2) is 16.5 Å². The molecular weight excluding hydrogens is 258 g/mol. The Bertz CT molecular complexity index is 542. The Morgan fingerprint density at radius 1 is 1.26 bits per heavy atom. The van der Waals surface area contributed by atoms with Crippen molar-refractivity contribution in [2.45, 2.75) is 26.3 Å². The van der Waals surface area contributed by atoms with Crippen molar-refractivity contribution in [3.05, 3.63) is 58.6 Å². The Morgan fingerprint density at radius 3 is 2.74 bits per heavy atom. The second-order valence-corrected chi connectivity index (χ2v) is 4.84. The third-order valence-electron chi connectivity index (χ3n) is 2.99. The molecule has 0 bridgehead atoms. The van der Waals surface area contributed by atoms with E-state index in [1.54, 1.807) is 6.20 Å². The van der Waals surface area contributed by atoms with Crippen LogP contribution in [-0.2, 0) is 6.42 Å². The van der Waals surface area contributed by atoms with Crippen LogP contribution in [0, 0.1) is 6.92 Å². The summed E-state index contributed by atoms with van der Waals surface area (Å²) in [4.78, 5) is 8.64. The summed E-state index contributed by atoms with van der Waals surface area (Å²) >= 11 is 6.23. The number of halogens is 1. The van der Waals surface area contributed by atoms with Crippen LogP contribution in [0.1, 0.15) is 30.0 Å². The van der Waals surface area contributed by atoms with Gasteiger partial charge in [-0.15, -0.1) is 0 Å². The van der Waals surface area contributed by atoms with Gasteiger partial charge in [0.2, 0.25) is 0 Å². The van der Waals surface area contributed by atoms with E-state index in [0.29, 0.717) is 0 Å². The molecule has 0 spiro atoms. The first-order valence-electron chi connectivity index (χ1n) is 6.47. The Balaban J connectivity index is 2.24. The molecule has 0 fully saturated rings. The van der Waals surface area contributed by atoms with E-state index in [-0.39, 0.29) is 6.04 Å². The highest BCUT2D eigenvalue weighted by atomic mass is 35.5. The highest BCUT2D eigenvalue weighted by molar-refractivity contribution is 6.31. The molecule has 2 rings (SSSR count). The molecule has 1 aromatic heterocycles. The van der Waals surface area contributed by atoms with Gasteiger partial charge in [0.25, 0.3) is 0 Å². The van der Waals surface area contributed by atoms with E-state index < -0.39 is 0 Å². The smallest absolute Gasteiger partial charge is 0.125 e. The second-order valence-electron chi connectivity index (χ2n) is 4.43. The van der Waals surface area contributed by atoms with Gasteiger partial charge in [0, 0.05) is 11.2 Å². The third kappa shape index (κ3) is 3.75. The topological polar surface area (TPSA) is 37.8 Å². The number of hydrogen-bond donors (Lipinski definition) is 1. The molecule has 19 heavy (non-hydrogen) atoms. The van der Waals surface area contributed by atoms with Gasteiger partial charge in [-0.25, -0.2) is 9.97 Å². The first kappa shape index (κ1) is 14.0. The van der Waals surface area contributed by atoms with E-state index in [1.165, 1.54) is 0 Å². The van der Waals surface area contributed by atoms with E-state index in [1.807, 2.05) is 31.2 Å². The molecule has 1 atom stereocenters. The predicted octanol–water partition coefficient (Wildman–Crippen LogP) is 3.33. The van der Waals surface area contributed by atoms with E-state index in [0.717, 1.165) is 35.1 Å². The lowest BCUT2D eigenvalue weighted by Crippen LogP contribution is -2.24. The number of rotatable bonds is 5. The predicted molar refractivity (Wildman–Crippen MR) is 78.3 cm³/mol. The molecule has 0 saturated heterocycles. The second kappa shape index (κ2) is 6.64. The first-order valence-corrected chi connectivity index (χ1v) is 6.85. The minimum absolute atomic E-state index is 0.159. The van der Waals surface area contributed by atoms with Crippen molar-refractivity contribution in [1.29, 1.82) is 0 Å². The molecule has 3 nitrogen and oxygen atoms in total. The molecule has 2 aromatic rings. The van der Waals surface area contributed by atoms with Crippen molar-refractivity contribution in [3.63, 3.8) is 0 Å². The van der Waals surface area contributed by atoms with Crippen LogP contribution in [0.2, 0.25) is 5.02 Å². The van der Waals surface area contributed by atoms with Gasteiger partial charge in [-0.1, -0.05) is 36.7 Å². The van der Waals surface area contributed by atoms with E-state index in [2.05, 4.69) is 28.3 Å². The summed E-state index contributed by atoms with van der Waals surface area (Å²) in [7, 11) is 0. The van der Waals surface area contributed by atoms with Crippen molar-refractivity contribution in [2.24, 2.45) is 0 Å². The molecule has 100 valence electrons. The lowest BCUT2D eigenvalue weighted by atomic mass is 10.0. The Morgan fingerprint density at radius 2 is 2.05 bits per heavy atom. The van der Waals surface area contributed by atoms with E-state index in [4.69, 9.17) is 11.6 Å². The Hall–Kier alpha value is -1.45. The van der Waals surface area contributed by atoms with Gasteiger partial charge in [0.1, 0.15) is 5.82 Å². The van der Waals surface area contributed by atoms with Crippen molar-refractivity contribution >= 4 is 11.6 Å². The highest BCUT2D eigenvalue weighted by Crippen LogP contribution is 2.22. The van der Waals surface area contributed by atoms with Crippen LogP contribution < -0.4 is 5.32 Å². The summed E-state index contributed by atoms with van der Waals surface area (Å²) < 4.78 is 0. The molecule has 4 heteroatoms. The fraction of sp³-hybridized carbons (Fsp3) is 0.333. The average Bonchev–Trinajstić information content (AvgIpc) is 2.40. The van der Waals surface area contributed by atoms with Crippen molar-refractivity contribution in [1.82, 2.24) is 15.3 Å². The monoisotopic (exact) mass is 275 g/mol. The molecule has 0 amide bonds. The summed E-state index contributed by atoms with van der Waals surface area (Å²) in [6.07, 6.45) is 2.62. The Labute approximate surface area is 119 Å². The van der Waals surface area contributed by atoms with Gasteiger partial charge in [-0.05, 0) is 37.6 Å². The van der Waals surface area contributed by atoms with Crippen molar-refractivity contribution in [2.75, 3.05) is 6.54 Å². The number of aryl methyl sites for hydroxylation is 1. The van der Waals surface area contributed by atoms with Gasteiger partial charge in [-0.2, -0.15) is 0 Å². The number of likely N-dealkylation sites (N-methyl/N-ethyl adjacent to an activating group) is 1. The van der Waals surface area contributed by atoms with Gasteiger partial charge in [-0.3, -0.25) is 0 Å². The standard InChI is InChI=1S/C15H18ClN3/c1-3-17-15(14-8-9-18-11(2)19-14)10-12-6-4-5-7-13(12)16/h4-9,15,17H,3,10H2,1-2H3. The number of nitrogens with zero attached hydrogens (tertiary/aromatic N) is 2. The molecule has 1 N–H and O–H groups in total. The zero-order chi connectivity index (χ0) is 13.7. The molecule has 0 radical (unpaired) electrons. The summed E-state index contributed by atoms with van der Waals surface area (Å²) in [6.45, 7) is 4.88.